The van der Waals surface area contributed by atoms with E-state index in [4.69, 9.17) is 23.2 Å². The predicted molar refractivity (Wildman–Crippen MR) is 61.3 cm³/mol. The maximum Gasteiger partial charge on any atom is 0.271 e. The van der Waals surface area contributed by atoms with Gasteiger partial charge in [-0.3, -0.25) is 25.0 Å². The number of nitro groups is 1. The molecule has 0 fully saturated rings. The number of hydrogen-bond acceptors (Lipinski definition) is 4. The van der Waals surface area contributed by atoms with Crippen molar-refractivity contribution >= 4 is 40.7 Å². The Morgan fingerprint density at radius 1 is 1.35 bits per heavy atom. The van der Waals surface area contributed by atoms with Crippen LogP contribution in [0.5, 0.6) is 0 Å². The van der Waals surface area contributed by atoms with E-state index in [1.165, 1.54) is 0 Å². The second-order valence-corrected chi connectivity index (χ2v) is 3.84. The Kier molecular flexibility index (Phi) is 4.03. The summed E-state index contributed by atoms with van der Waals surface area (Å²) in [6.45, 7) is 1.13. The first kappa shape index (κ1) is 13.4. The number of nitrogens with one attached hydrogen (secondary N) is 1. The van der Waals surface area contributed by atoms with Crippen LogP contribution in [0.25, 0.3) is 0 Å². The molecule has 1 aromatic rings. The van der Waals surface area contributed by atoms with Gasteiger partial charge in [-0.25, -0.2) is 0 Å². The Labute approximate surface area is 106 Å². The molecule has 0 radical (unpaired) electrons. The van der Waals surface area contributed by atoms with E-state index in [0.717, 1.165) is 19.1 Å². The molecule has 8 heteroatoms. The smallest absolute Gasteiger partial charge is 0.271 e. The summed E-state index contributed by atoms with van der Waals surface area (Å²) in [7, 11) is 0. The summed E-state index contributed by atoms with van der Waals surface area (Å²) in [6.07, 6.45) is 0. The summed E-state index contributed by atoms with van der Waals surface area (Å²) in [4.78, 5) is 32.1. The minimum atomic E-state index is -0.840. The molecule has 1 rings (SSSR count). The monoisotopic (exact) mass is 276 g/mol. The molecule has 0 spiro atoms. The predicted octanol–water partition coefficient (Wildman–Crippen LogP) is 2.18. The van der Waals surface area contributed by atoms with Gasteiger partial charge in [-0.15, -0.1) is 0 Å². The minimum Gasteiger partial charge on any atom is -0.293 e. The van der Waals surface area contributed by atoms with E-state index in [2.05, 4.69) is 0 Å². The number of rotatable bonds is 2. The van der Waals surface area contributed by atoms with Crippen LogP contribution in [-0.4, -0.2) is 16.7 Å². The topological polar surface area (TPSA) is 89.3 Å². The number of amides is 2. The Morgan fingerprint density at radius 3 is 2.41 bits per heavy atom. The molecule has 90 valence electrons. The molecule has 0 saturated carbocycles. The standard InChI is InChI=1S/C9H6Cl2N2O4/c1-4(14)12-9(15)6-2-5(13(16)17)3-7(10)8(6)11/h2-3H,1H3,(H,12,14,15). The van der Waals surface area contributed by atoms with Crippen LogP contribution in [0, 0.1) is 10.1 Å². The average molecular weight is 277 g/mol. The number of imide groups is 1. The molecule has 0 bridgehead atoms. The molecule has 0 aromatic heterocycles. The minimum absolute atomic E-state index is 0.130. The fourth-order valence-corrected chi connectivity index (χ4v) is 1.48. The molecule has 0 unspecified atom stereocenters. The number of nitrogens with zero attached hydrogens (tertiary/aromatic N) is 1. The van der Waals surface area contributed by atoms with Crippen molar-refractivity contribution in [2.45, 2.75) is 6.92 Å². The second kappa shape index (κ2) is 5.11. The summed E-state index contributed by atoms with van der Waals surface area (Å²) in [5, 5.41) is 12.2. The third-order valence-electron chi connectivity index (χ3n) is 1.76. The van der Waals surface area contributed by atoms with Crippen LogP contribution in [0.3, 0.4) is 0 Å². The van der Waals surface area contributed by atoms with Crippen molar-refractivity contribution < 1.29 is 14.5 Å². The number of carbonyl (C=O) groups is 2. The molecule has 0 atom stereocenters. The summed E-state index contributed by atoms with van der Waals surface area (Å²) < 4.78 is 0. The maximum absolute atomic E-state index is 11.5. The molecular formula is C9H6Cl2N2O4. The van der Waals surface area contributed by atoms with Crippen LogP contribution >= 0.6 is 23.2 Å². The van der Waals surface area contributed by atoms with Gasteiger partial charge in [-0.1, -0.05) is 23.2 Å². The van der Waals surface area contributed by atoms with E-state index in [1.54, 1.807) is 0 Å². The van der Waals surface area contributed by atoms with E-state index in [-0.39, 0.29) is 21.3 Å². The van der Waals surface area contributed by atoms with E-state index >= 15 is 0 Å². The summed E-state index contributed by atoms with van der Waals surface area (Å²) in [5.74, 6) is -1.44. The highest BCUT2D eigenvalue weighted by molar-refractivity contribution is 6.44. The Bertz CT molecular complexity index is 516. The number of nitro benzene ring substituents is 1. The van der Waals surface area contributed by atoms with Crippen molar-refractivity contribution in [3.63, 3.8) is 0 Å². The van der Waals surface area contributed by atoms with E-state index in [9.17, 15) is 19.7 Å². The Balaban J connectivity index is 3.27. The fourth-order valence-electron chi connectivity index (χ4n) is 1.07. The van der Waals surface area contributed by atoms with Crippen molar-refractivity contribution in [1.82, 2.24) is 5.32 Å². The Hall–Kier alpha value is -1.66. The first-order valence-electron chi connectivity index (χ1n) is 4.28. The zero-order valence-electron chi connectivity index (χ0n) is 8.49. The van der Waals surface area contributed by atoms with Gasteiger partial charge in [0, 0.05) is 19.1 Å². The van der Waals surface area contributed by atoms with Crippen molar-refractivity contribution in [2.24, 2.45) is 0 Å². The SMILES string of the molecule is CC(=O)NC(=O)c1cc([N+](=O)[O-])cc(Cl)c1Cl. The molecule has 0 aliphatic heterocycles. The van der Waals surface area contributed by atoms with Gasteiger partial charge in [0.15, 0.2) is 0 Å². The highest BCUT2D eigenvalue weighted by Gasteiger charge is 2.19. The highest BCUT2D eigenvalue weighted by atomic mass is 35.5. The summed E-state index contributed by atoms with van der Waals surface area (Å²) in [5.41, 5.74) is -0.603. The van der Waals surface area contributed by atoms with Crippen LogP contribution in [0.2, 0.25) is 10.0 Å². The number of halogens is 2. The van der Waals surface area contributed by atoms with Crippen molar-refractivity contribution in [1.29, 1.82) is 0 Å². The average Bonchev–Trinajstić information content (AvgIpc) is 2.20. The first-order chi connectivity index (χ1) is 7.82. The van der Waals surface area contributed by atoms with Crippen LogP contribution in [0.4, 0.5) is 5.69 Å². The summed E-state index contributed by atoms with van der Waals surface area (Å²) in [6, 6.07) is 1.97. The van der Waals surface area contributed by atoms with Gasteiger partial charge in [-0.05, 0) is 0 Å². The lowest BCUT2D eigenvalue weighted by Crippen LogP contribution is -2.28. The third kappa shape index (κ3) is 3.15. The lowest BCUT2D eigenvalue weighted by molar-refractivity contribution is -0.384. The van der Waals surface area contributed by atoms with E-state index in [0.29, 0.717) is 0 Å². The van der Waals surface area contributed by atoms with Gasteiger partial charge >= 0.3 is 0 Å². The number of carbonyl (C=O) groups excluding carboxylic acids is 2. The Morgan fingerprint density at radius 2 is 1.94 bits per heavy atom. The van der Waals surface area contributed by atoms with Crippen LogP contribution < -0.4 is 5.32 Å². The van der Waals surface area contributed by atoms with Gasteiger partial charge in [0.25, 0.3) is 11.6 Å². The summed E-state index contributed by atoms with van der Waals surface area (Å²) >= 11 is 11.4. The van der Waals surface area contributed by atoms with Gasteiger partial charge in [0.05, 0.1) is 20.5 Å². The molecule has 0 aliphatic rings. The zero-order chi connectivity index (χ0) is 13.2. The van der Waals surface area contributed by atoms with Crippen molar-refractivity contribution in [3.8, 4) is 0 Å². The van der Waals surface area contributed by atoms with Crippen molar-refractivity contribution in [3.05, 3.63) is 37.9 Å². The van der Waals surface area contributed by atoms with Crippen LogP contribution in [0.1, 0.15) is 17.3 Å². The quantitative estimate of drug-likeness (QED) is 0.662. The van der Waals surface area contributed by atoms with Crippen LogP contribution in [0.15, 0.2) is 12.1 Å². The van der Waals surface area contributed by atoms with Gasteiger partial charge in [0.1, 0.15) is 0 Å². The first-order valence-corrected chi connectivity index (χ1v) is 5.04. The lowest BCUT2D eigenvalue weighted by Gasteiger charge is -2.05. The molecule has 0 heterocycles. The fraction of sp³-hybridized carbons (Fsp3) is 0.111. The molecule has 6 nitrogen and oxygen atoms in total. The largest absolute Gasteiger partial charge is 0.293 e. The number of benzene rings is 1. The molecular weight excluding hydrogens is 271 g/mol. The zero-order valence-corrected chi connectivity index (χ0v) is 10.0. The van der Waals surface area contributed by atoms with Crippen molar-refractivity contribution in [2.75, 3.05) is 0 Å². The molecule has 2 amide bonds. The van der Waals surface area contributed by atoms with Gasteiger partial charge in [-0.2, -0.15) is 0 Å². The second-order valence-electron chi connectivity index (χ2n) is 3.06. The molecule has 1 aromatic carbocycles. The molecule has 17 heavy (non-hydrogen) atoms. The van der Waals surface area contributed by atoms with Gasteiger partial charge < -0.3 is 0 Å². The van der Waals surface area contributed by atoms with E-state index < -0.39 is 16.7 Å². The highest BCUT2D eigenvalue weighted by Crippen LogP contribution is 2.30. The normalized spacial score (nSPS) is 9.82. The number of non-ortho nitro benzene ring substituents is 1. The van der Waals surface area contributed by atoms with E-state index in [1.807, 2.05) is 5.32 Å². The third-order valence-corrected chi connectivity index (χ3v) is 2.56. The molecule has 0 aliphatic carbocycles. The lowest BCUT2D eigenvalue weighted by atomic mass is 10.2. The molecule has 1 N–H and O–H groups in total. The number of hydrogen-bond donors (Lipinski definition) is 1. The molecule has 0 saturated heterocycles. The maximum atomic E-state index is 11.5. The van der Waals surface area contributed by atoms with Gasteiger partial charge in [0.2, 0.25) is 5.91 Å². The van der Waals surface area contributed by atoms with Crippen LogP contribution in [-0.2, 0) is 4.79 Å².